The number of nitrogens with zero attached hydrogens (tertiary/aromatic N) is 3. The van der Waals surface area contributed by atoms with Gasteiger partial charge in [-0.2, -0.15) is 0 Å². The van der Waals surface area contributed by atoms with Crippen molar-refractivity contribution in [1.29, 1.82) is 0 Å². The number of fused-ring (bicyclic) bond motifs is 1. The van der Waals surface area contributed by atoms with Crippen LogP contribution in [0.15, 0.2) is 83.3 Å². The van der Waals surface area contributed by atoms with E-state index in [0.29, 0.717) is 25.1 Å². The van der Waals surface area contributed by atoms with E-state index in [2.05, 4.69) is 21.2 Å². The Bertz CT molecular complexity index is 1270. The number of rotatable bonds is 8. The van der Waals surface area contributed by atoms with Gasteiger partial charge in [0, 0.05) is 35.2 Å². The van der Waals surface area contributed by atoms with Gasteiger partial charge in [0.2, 0.25) is 5.91 Å². The van der Waals surface area contributed by atoms with Crippen LogP contribution in [0.5, 0.6) is 0 Å². The van der Waals surface area contributed by atoms with E-state index >= 15 is 0 Å². The Labute approximate surface area is 201 Å². The largest absolute Gasteiger partial charge is 0.352 e. The van der Waals surface area contributed by atoms with Crippen LogP contribution in [0.3, 0.4) is 0 Å². The first-order valence-electron chi connectivity index (χ1n) is 10.9. The summed E-state index contributed by atoms with van der Waals surface area (Å²) in [6, 6.07) is 24.7. The molecule has 1 N–H and O–H groups in total. The Kier molecular flexibility index (Phi) is 7.19. The van der Waals surface area contributed by atoms with Gasteiger partial charge in [-0.15, -0.1) is 0 Å². The van der Waals surface area contributed by atoms with Crippen molar-refractivity contribution in [2.24, 2.45) is 0 Å². The first-order chi connectivity index (χ1) is 16.1. The number of para-hydroxylation sites is 3. The van der Waals surface area contributed by atoms with Crippen LogP contribution in [-0.2, 0) is 17.8 Å². The highest BCUT2D eigenvalue weighted by atomic mass is 79.9. The second kappa shape index (κ2) is 10.4. The summed E-state index contributed by atoms with van der Waals surface area (Å²) in [6.07, 6.45) is 0.513. The molecule has 0 spiro atoms. The van der Waals surface area contributed by atoms with E-state index in [1.165, 1.54) is 0 Å². The number of likely N-dealkylation sites (N-methyl/N-ethyl adjacent to an activating group) is 1. The van der Waals surface area contributed by atoms with Gasteiger partial charge in [-0.1, -0.05) is 52.3 Å². The topological polar surface area (TPSA) is 67.2 Å². The normalized spacial score (nSPS) is 10.8. The number of hydrogen-bond acceptors (Lipinski definition) is 3. The molecule has 0 aliphatic carbocycles. The molecule has 0 atom stereocenters. The number of imidazole rings is 1. The number of benzene rings is 3. The number of aromatic nitrogens is 2. The minimum absolute atomic E-state index is 0.00808. The fraction of sp³-hybridized carbons (Fsp3) is 0.192. The molecule has 4 aromatic rings. The molecular weight excluding hydrogens is 480 g/mol. The molecule has 6 nitrogen and oxygen atoms in total. The van der Waals surface area contributed by atoms with Crippen LogP contribution in [-0.4, -0.2) is 34.5 Å². The van der Waals surface area contributed by atoms with Crippen LogP contribution in [0.4, 0.5) is 5.69 Å². The highest BCUT2D eigenvalue weighted by Gasteiger charge is 2.18. The highest BCUT2D eigenvalue weighted by molar-refractivity contribution is 9.10. The van der Waals surface area contributed by atoms with Crippen molar-refractivity contribution in [2.75, 3.05) is 18.0 Å². The SMILES string of the molecule is CCN(C(=O)Cn1c(CCNC(=O)c2cccc(Br)c2)nc2ccccc21)c1ccccc1. The summed E-state index contributed by atoms with van der Waals surface area (Å²) in [5, 5.41) is 2.95. The fourth-order valence-corrected chi connectivity index (χ4v) is 4.24. The van der Waals surface area contributed by atoms with Gasteiger partial charge in [-0.05, 0) is 49.4 Å². The third kappa shape index (κ3) is 5.31. The molecule has 4 rings (SSSR count). The molecule has 0 bridgehead atoms. The van der Waals surface area contributed by atoms with Gasteiger partial charge in [-0.25, -0.2) is 4.98 Å². The average Bonchev–Trinajstić information content (AvgIpc) is 3.17. The quantitative estimate of drug-likeness (QED) is 0.373. The lowest BCUT2D eigenvalue weighted by Crippen LogP contribution is -2.34. The Hall–Kier alpha value is -3.45. The van der Waals surface area contributed by atoms with Crippen LogP contribution >= 0.6 is 15.9 Å². The third-order valence-electron chi connectivity index (χ3n) is 5.43. The Balaban J connectivity index is 1.52. The second-order valence-electron chi connectivity index (χ2n) is 7.59. The molecule has 1 aromatic heterocycles. The standard InChI is InChI=1S/C26H25BrN4O2/c1-2-30(21-11-4-3-5-12-21)25(32)18-31-23-14-7-6-13-22(23)29-24(31)15-16-28-26(33)19-9-8-10-20(27)17-19/h3-14,17H,2,15-16,18H2,1H3,(H,28,33). The van der Waals surface area contributed by atoms with Crippen molar-refractivity contribution >= 4 is 44.5 Å². The molecule has 0 aliphatic rings. The molecule has 0 saturated carbocycles. The van der Waals surface area contributed by atoms with Crippen LogP contribution in [0, 0.1) is 0 Å². The van der Waals surface area contributed by atoms with Crippen molar-refractivity contribution in [3.8, 4) is 0 Å². The van der Waals surface area contributed by atoms with Crippen molar-refractivity contribution in [2.45, 2.75) is 19.9 Å². The summed E-state index contributed by atoms with van der Waals surface area (Å²) < 4.78 is 2.81. The predicted octanol–water partition coefficient (Wildman–Crippen LogP) is 4.82. The van der Waals surface area contributed by atoms with Gasteiger partial charge in [0.15, 0.2) is 0 Å². The number of anilines is 1. The molecule has 0 aliphatic heterocycles. The Morgan fingerprint density at radius 2 is 1.76 bits per heavy atom. The van der Waals surface area contributed by atoms with E-state index < -0.39 is 0 Å². The molecule has 168 valence electrons. The summed E-state index contributed by atoms with van der Waals surface area (Å²) in [5.41, 5.74) is 3.21. The number of carbonyl (C=O) groups excluding carboxylic acids is 2. The minimum Gasteiger partial charge on any atom is -0.352 e. The van der Waals surface area contributed by atoms with Crippen molar-refractivity contribution < 1.29 is 9.59 Å². The summed E-state index contributed by atoms with van der Waals surface area (Å²) in [6.45, 7) is 3.14. The van der Waals surface area contributed by atoms with E-state index in [1.807, 2.05) is 78.2 Å². The highest BCUT2D eigenvalue weighted by Crippen LogP contribution is 2.19. The predicted molar refractivity (Wildman–Crippen MR) is 134 cm³/mol. The van der Waals surface area contributed by atoms with Crippen LogP contribution in [0.1, 0.15) is 23.1 Å². The summed E-state index contributed by atoms with van der Waals surface area (Å²) in [7, 11) is 0. The number of amides is 2. The third-order valence-corrected chi connectivity index (χ3v) is 5.93. The number of halogens is 1. The smallest absolute Gasteiger partial charge is 0.251 e. The van der Waals surface area contributed by atoms with Gasteiger partial charge >= 0.3 is 0 Å². The molecule has 0 unspecified atom stereocenters. The maximum Gasteiger partial charge on any atom is 0.251 e. The molecule has 7 heteroatoms. The fourth-order valence-electron chi connectivity index (χ4n) is 3.84. The Morgan fingerprint density at radius 3 is 2.52 bits per heavy atom. The molecule has 0 saturated heterocycles. The first kappa shape index (κ1) is 22.7. The van der Waals surface area contributed by atoms with E-state index in [-0.39, 0.29) is 18.4 Å². The van der Waals surface area contributed by atoms with Crippen LogP contribution in [0.2, 0.25) is 0 Å². The van der Waals surface area contributed by atoms with Crippen molar-refractivity contribution in [3.63, 3.8) is 0 Å². The maximum absolute atomic E-state index is 13.2. The summed E-state index contributed by atoms with van der Waals surface area (Å²) >= 11 is 3.39. The number of hydrogen-bond donors (Lipinski definition) is 1. The van der Waals surface area contributed by atoms with E-state index in [9.17, 15) is 9.59 Å². The lowest BCUT2D eigenvalue weighted by molar-refractivity contribution is -0.119. The molecule has 0 radical (unpaired) electrons. The van der Waals surface area contributed by atoms with Gasteiger partial charge < -0.3 is 14.8 Å². The lowest BCUT2D eigenvalue weighted by atomic mass is 10.2. The zero-order valence-corrected chi connectivity index (χ0v) is 20.0. The maximum atomic E-state index is 13.2. The first-order valence-corrected chi connectivity index (χ1v) is 11.7. The van der Waals surface area contributed by atoms with Gasteiger partial charge in [-0.3, -0.25) is 9.59 Å². The summed E-state index contributed by atoms with van der Waals surface area (Å²) in [4.78, 5) is 32.2. The van der Waals surface area contributed by atoms with Crippen molar-refractivity contribution in [1.82, 2.24) is 14.9 Å². The van der Waals surface area contributed by atoms with Crippen molar-refractivity contribution in [3.05, 3.63) is 94.7 Å². The molecule has 2 amide bonds. The minimum atomic E-state index is -0.142. The van der Waals surface area contributed by atoms with Gasteiger partial charge in [0.25, 0.3) is 5.91 Å². The monoisotopic (exact) mass is 504 g/mol. The molecule has 0 fully saturated rings. The van der Waals surface area contributed by atoms with E-state index in [1.54, 1.807) is 17.0 Å². The molecular formula is C26H25BrN4O2. The molecule has 33 heavy (non-hydrogen) atoms. The zero-order chi connectivity index (χ0) is 23.2. The van der Waals surface area contributed by atoms with Crippen LogP contribution < -0.4 is 10.2 Å². The molecule has 1 heterocycles. The van der Waals surface area contributed by atoms with E-state index in [0.717, 1.165) is 27.0 Å². The van der Waals surface area contributed by atoms with E-state index in [4.69, 9.17) is 4.98 Å². The lowest BCUT2D eigenvalue weighted by Gasteiger charge is -2.22. The number of carbonyl (C=O) groups is 2. The Morgan fingerprint density at radius 1 is 1.00 bits per heavy atom. The average molecular weight is 505 g/mol. The van der Waals surface area contributed by atoms with Crippen LogP contribution in [0.25, 0.3) is 11.0 Å². The second-order valence-corrected chi connectivity index (χ2v) is 8.51. The van der Waals surface area contributed by atoms with Gasteiger partial charge in [0.1, 0.15) is 12.4 Å². The zero-order valence-electron chi connectivity index (χ0n) is 18.4. The number of nitrogens with one attached hydrogen (secondary N) is 1. The molecule has 3 aromatic carbocycles. The summed E-state index contributed by atoms with van der Waals surface area (Å²) in [5.74, 6) is 0.616. The van der Waals surface area contributed by atoms with Gasteiger partial charge in [0.05, 0.1) is 11.0 Å².